The number of rotatable bonds is 3. The predicted molar refractivity (Wildman–Crippen MR) is 119 cm³/mol. The van der Waals surface area contributed by atoms with Crippen LogP contribution in [0.5, 0.6) is 5.75 Å². The van der Waals surface area contributed by atoms with Crippen molar-refractivity contribution in [2.24, 2.45) is 7.05 Å². The highest BCUT2D eigenvalue weighted by molar-refractivity contribution is 7.99. The van der Waals surface area contributed by atoms with Crippen molar-refractivity contribution < 1.29 is 15.0 Å². The Labute approximate surface area is 178 Å². The maximum atomic E-state index is 12.4. The lowest BCUT2D eigenvalue weighted by Crippen LogP contribution is -2.35. The summed E-state index contributed by atoms with van der Waals surface area (Å²) < 4.78 is 2.16. The Morgan fingerprint density at radius 2 is 2.03 bits per heavy atom. The second-order valence-corrected chi connectivity index (χ2v) is 9.78. The first-order valence-corrected chi connectivity index (χ1v) is 10.8. The Morgan fingerprint density at radius 3 is 2.70 bits per heavy atom. The topological polar surface area (TPSA) is 107 Å². The Hall–Kier alpha value is -2.71. The number of hydrogen-bond acceptors (Lipinski definition) is 5. The van der Waals surface area contributed by atoms with E-state index < -0.39 is 22.8 Å². The number of nitrogens with one attached hydrogen (secondary N) is 2. The number of hydrogen-bond donors (Lipinski definition) is 4. The van der Waals surface area contributed by atoms with Crippen molar-refractivity contribution in [2.45, 2.75) is 44.2 Å². The van der Waals surface area contributed by atoms with E-state index in [1.807, 2.05) is 13.1 Å². The molecular weight excluding hydrogens is 402 g/mol. The molecule has 0 spiro atoms. The van der Waals surface area contributed by atoms with E-state index in [2.05, 4.69) is 47.8 Å². The van der Waals surface area contributed by atoms with Crippen molar-refractivity contribution in [3.05, 3.63) is 45.4 Å². The van der Waals surface area contributed by atoms with Crippen molar-refractivity contribution >= 4 is 28.6 Å². The van der Waals surface area contributed by atoms with Gasteiger partial charge in [-0.05, 0) is 45.4 Å². The van der Waals surface area contributed by atoms with Gasteiger partial charge >= 0.3 is 5.97 Å². The van der Waals surface area contributed by atoms with Gasteiger partial charge < -0.3 is 25.1 Å². The molecule has 1 aliphatic heterocycles. The van der Waals surface area contributed by atoms with Crippen molar-refractivity contribution in [1.82, 2.24) is 14.9 Å². The second-order valence-electron chi connectivity index (χ2n) is 8.64. The number of benzene rings is 1. The van der Waals surface area contributed by atoms with Crippen molar-refractivity contribution in [3.63, 3.8) is 0 Å². The summed E-state index contributed by atoms with van der Waals surface area (Å²) in [4.78, 5) is 27.5. The number of aromatic nitrogens is 2. The lowest BCUT2D eigenvalue weighted by Gasteiger charge is -2.20. The van der Waals surface area contributed by atoms with Gasteiger partial charge in [0, 0.05) is 57.5 Å². The molecule has 158 valence electrons. The van der Waals surface area contributed by atoms with E-state index in [-0.39, 0.29) is 5.54 Å². The molecule has 0 unspecified atom stereocenters. The molecule has 3 aromatic rings. The zero-order valence-corrected chi connectivity index (χ0v) is 18.2. The molecule has 0 aliphatic carbocycles. The molecule has 1 aliphatic rings. The van der Waals surface area contributed by atoms with Gasteiger partial charge in [-0.3, -0.25) is 4.79 Å². The lowest BCUT2D eigenvalue weighted by molar-refractivity contribution is 0.0691. The van der Waals surface area contributed by atoms with Crippen LogP contribution in [-0.4, -0.2) is 37.0 Å². The molecular formula is C22H25N3O4S. The summed E-state index contributed by atoms with van der Waals surface area (Å²) in [6.07, 6.45) is 0.467. The zero-order valence-electron chi connectivity index (χ0n) is 17.4. The van der Waals surface area contributed by atoms with Gasteiger partial charge in [-0.25, -0.2) is 4.79 Å². The normalized spacial score (nSPS) is 13.7. The molecule has 4 N–H and O–H groups in total. The average Bonchev–Trinajstić information content (AvgIpc) is 2.83. The lowest BCUT2D eigenvalue weighted by atomic mass is 9.99. The van der Waals surface area contributed by atoms with Crippen LogP contribution in [0.4, 0.5) is 0 Å². The molecule has 30 heavy (non-hydrogen) atoms. The number of thioether (sulfide) groups is 1. The Kier molecular flexibility index (Phi) is 4.94. The number of H-pyrrole nitrogens is 1. The van der Waals surface area contributed by atoms with Crippen molar-refractivity contribution in [1.29, 1.82) is 0 Å². The van der Waals surface area contributed by atoms with Crippen LogP contribution in [-0.2, 0) is 20.0 Å². The molecule has 7 nitrogen and oxygen atoms in total. The van der Waals surface area contributed by atoms with E-state index in [1.165, 1.54) is 0 Å². The fourth-order valence-electron chi connectivity index (χ4n) is 3.83. The smallest absolute Gasteiger partial charge is 0.345 e. The Morgan fingerprint density at radius 1 is 1.30 bits per heavy atom. The summed E-state index contributed by atoms with van der Waals surface area (Å²) in [6.45, 7) is 7.10. The quantitative estimate of drug-likeness (QED) is 0.510. The number of carbonyl (C=O) groups is 1. The third-order valence-electron chi connectivity index (χ3n) is 5.43. The van der Waals surface area contributed by atoms with Gasteiger partial charge in [0.15, 0.2) is 5.56 Å². The maximum Gasteiger partial charge on any atom is 0.345 e. The highest BCUT2D eigenvalue weighted by atomic mass is 32.2. The molecule has 0 atom stereocenters. The standard InChI is InChI=1S/C22H25N3O4S/c1-22(2,3)23-10-12-7-11-8-14-16(9-15(11)25(12)4)30-6-5-13-18(14)24-20(27)17(19(13)26)21(28)29/h7-9,23H,5-6,10H2,1-4H3,(H,28,29)(H2,24,26,27). The highest BCUT2D eigenvalue weighted by Gasteiger charge is 2.26. The summed E-state index contributed by atoms with van der Waals surface area (Å²) in [5.74, 6) is -1.19. The van der Waals surface area contributed by atoms with Crippen molar-refractivity contribution in [3.8, 4) is 17.0 Å². The number of aromatic carboxylic acids is 1. The third kappa shape index (κ3) is 3.50. The fraction of sp³-hybridized carbons (Fsp3) is 0.364. The van der Waals surface area contributed by atoms with Crippen LogP contribution >= 0.6 is 11.8 Å². The van der Waals surface area contributed by atoms with E-state index in [9.17, 15) is 19.8 Å². The van der Waals surface area contributed by atoms with Gasteiger partial charge in [0.05, 0.1) is 5.69 Å². The molecule has 8 heteroatoms. The molecule has 1 aromatic carbocycles. The number of nitrogens with zero attached hydrogens (tertiary/aromatic N) is 1. The average molecular weight is 428 g/mol. The third-order valence-corrected chi connectivity index (χ3v) is 6.48. The summed E-state index contributed by atoms with van der Waals surface area (Å²) in [5.41, 5.74) is 2.63. The molecule has 0 amide bonds. The van der Waals surface area contributed by atoms with E-state index in [4.69, 9.17) is 0 Å². The largest absolute Gasteiger partial charge is 0.506 e. The number of carboxylic acids is 1. The van der Waals surface area contributed by atoms with Gasteiger partial charge in [0.2, 0.25) is 0 Å². The van der Waals surface area contributed by atoms with Crippen LogP contribution in [0.1, 0.15) is 42.4 Å². The molecule has 0 saturated carbocycles. The number of aromatic hydroxyl groups is 1. The molecule has 4 rings (SSSR count). The van der Waals surface area contributed by atoms with Crippen LogP contribution in [0.2, 0.25) is 0 Å². The predicted octanol–water partition coefficient (Wildman–Crippen LogP) is 3.47. The first-order chi connectivity index (χ1) is 14.1. The number of fused-ring (bicyclic) bond motifs is 4. The minimum atomic E-state index is -1.43. The van der Waals surface area contributed by atoms with Gasteiger partial charge in [-0.15, -0.1) is 11.8 Å². The zero-order chi connectivity index (χ0) is 21.8. The van der Waals surface area contributed by atoms with Gasteiger partial charge in [-0.2, -0.15) is 0 Å². The van der Waals surface area contributed by atoms with Gasteiger partial charge in [0.25, 0.3) is 5.56 Å². The number of aryl methyl sites for hydroxylation is 1. The number of carboxylic acid groups (broad SMARTS) is 1. The maximum absolute atomic E-state index is 12.4. The molecule has 0 bridgehead atoms. The summed E-state index contributed by atoms with van der Waals surface area (Å²) in [5, 5.41) is 24.4. The molecule has 0 saturated heterocycles. The Balaban J connectivity index is 1.89. The van der Waals surface area contributed by atoms with E-state index >= 15 is 0 Å². The van der Waals surface area contributed by atoms with Crippen molar-refractivity contribution in [2.75, 3.05) is 5.75 Å². The molecule has 0 radical (unpaired) electrons. The minimum absolute atomic E-state index is 0.00125. The first-order valence-electron chi connectivity index (χ1n) is 9.79. The van der Waals surface area contributed by atoms with Crippen LogP contribution in [0.15, 0.2) is 27.9 Å². The molecule has 0 fully saturated rings. The summed E-state index contributed by atoms with van der Waals surface area (Å²) in [6, 6.07) is 6.23. The number of pyridine rings is 1. The van der Waals surface area contributed by atoms with Crippen LogP contribution < -0.4 is 10.9 Å². The fourth-order valence-corrected chi connectivity index (χ4v) is 4.86. The number of aromatic amines is 1. The molecule has 3 heterocycles. The minimum Gasteiger partial charge on any atom is -0.506 e. The first kappa shape index (κ1) is 20.6. The van der Waals surface area contributed by atoms with E-state index in [0.717, 1.165) is 33.6 Å². The highest BCUT2D eigenvalue weighted by Crippen LogP contribution is 2.42. The van der Waals surface area contributed by atoms with E-state index in [0.29, 0.717) is 23.4 Å². The van der Waals surface area contributed by atoms with Crippen LogP contribution in [0.25, 0.3) is 22.2 Å². The van der Waals surface area contributed by atoms with Crippen LogP contribution in [0, 0.1) is 0 Å². The molecule has 2 aromatic heterocycles. The summed E-state index contributed by atoms with van der Waals surface area (Å²) >= 11 is 1.64. The summed E-state index contributed by atoms with van der Waals surface area (Å²) in [7, 11) is 2.04. The Bertz CT molecular complexity index is 1230. The SMILES string of the molecule is Cn1c(CNC(C)(C)C)cc2cc3c(cc21)SCCc1c-3[nH]c(=O)c(C(=O)O)c1O. The van der Waals surface area contributed by atoms with Gasteiger partial charge in [-0.1, -0.05) is 0 Å². The monoisotopic (exact) mass is 427 g/mol. The van der Waals surface area contributed by atoms with Crippen LogP contribution in [0.3, 0.4) is 0 Å². The van der Waals surface area contributed by atoms with Gasteiger partial charge in [0.1, 0.15) is 5.75 Å². The van der Waals surface area contributed by atoms with E-state index in [1.54, 1.807) is 11.8 Å². The second kappa shape index (κ2) is 7.21.